The molecule has 2 N–H and O–H groups in total. The highest BCUT2D eigenvalue weighted by atomic mass is 16.4. The number of primary amides is 1. The summed E-state index contributed by atoms with van der Waals surface area (Å²) in [5, 5.41) is 8.28. The second-order valence-electron chi connectivity index (χ2n) is 5.87. The quantitative estimate of drug-likeness (QED) is 0.932. The largest absolute Gasteiger partial charge is 0.419 e. The van der Waals surface area contributed by atoms with Crippen LogP contribution in [0.4, 0.5) is 0 Å². The van der Waals surface area contributed by atoms with Crippen LogP contribution in [0.1, 0.15) is 30.8 Å². The summed E-state index contributed by atoms with van der Waals surface area (Å²) in [6.45, 7) is 5.51. The summed E-state index contributed by atoms with van der Waals surface area (Å²) in [5.74, 6) is 0.774. The topological polar surface area (TPSA) is 85.3 Å². The Hall–Kier alpha value is -2.21. The number of nitrogens with two attached hydrogens (primary N) is 1. The lowest BCUT2D eigenvalue weighted by Gasteiger charge is -2.20. The van der Waals surface area contributed by atoms with Crippen molar-refractivity contribution in [3.05, 3.63) is 35.7 Å². The number of likely N-dealkylation sites (tertiary alicyclic amines) is 1. The molecule has 2 heterocycles. The molecule has 0 aliphatic carbocycles. The van der Waals surface area contributed by atoms with E-state index >= 15 is 0 Å². The summed E-state index contributed by atoms with van der Waals surface area (Å²) in [5.41, 5.74) is 7.47. The molecule has 1 aromatic heterocycles. The summed E-state index contributed by atoms with van der Waals surface area (Å²) >= 11 is 0. The van der Waals surface area contributed by atoms with Gasteiger partial charge in [0.2, 0.25) is 17.7 Å². The number of carbonyl (C=O) groups excluding carboxylic acids is 1. The van der Waals surface area contributed by atoms with Crippen LogP contribution in [0.5, 0.6) is 0 Å². The average molecular weight is 300 g/mol. The lowest BCUT2D eigenvalue weighted by atomic mass is 10.1. The number of rotatable bonds is 4. The van der Waals surface area contributed by atoms with Gasteiger partial charge in [0, 0.05) is 12.1 Å². The summed E-state index contributed by atoms with van der Waals surface area (Å²) in [4.78, 5) is 13.4. The van der Waals surface area contributed by atoms with Gasteiger partial charge in [0.1, 0.15) is 0 Å². The van der Waals surface area contributed by atoms with Crippen LogP contribution in [0, 0.1) is 12.8 Å². The molecule has 2 atom stereocenters. The fourth-order valence-electron chi connectivity index (χ4n) is 2.74. The molecule has 6 nitrogen and oxygen atoms in total. The maximum atomic E-state index is 11.3. The predicted molar refractivity (Wildman–Crippen MR) is 81.8 cm³/mol. The molecule has 1 saturated heterocycles. The van der Waals surface area contributed by atoms with E-state index in [0.29, 0.717) is 18.3 Å². The van der Waals surface area contributed by atoms with Crippen molar-refractivity contribution in [2.75, 3.05) is 13.1 Å². The second kappa shape index (κ2) is 5.88. The van der Waals surface area contributed by atoms with E-state index in [2.05, 4.69) is 15.1 Å². The van der Waals surface area contributed by atoms with Crippen LogP contribution in [0.3, 0.4) is 0 Å². The highest BCUT2D eigenvalue weighted by Gasteiger charge is 2.32. The number of hydrogen-bond acceptors (Lipinski definition) is 5. The number of hydrogen-bond donors (Lipinski definition) is 1. The van der Waals surface area contributed by atoms with Crippen molar-refractivity contribution in [1.29, 1.82) is 0 Å². The molecule has 1 aromatic carbocycles. The molecular formula is C16H20N4O2. The fraction of sp³-hybridized carbons (Fsp3) is 0.438. The monoisotopic (exact) mass is 300 g/mol. The van der Waals surface area contributed by atoms with Crippen molar-refractivity contribution in [2.24, 2.45) is 11.7 Å². The van der Waals surface area contributed by atoms with Gasteiger partial charge in [0.25, 0.3) is 0 Å². The summed E-state index contributed by atoms with van der Waals surface area (Å²) in [6.07, 6.45) is 0.790. The first-order valence-corrected chi connectivity index (χ1v) is 7.48. The third kappa shape index (κ3) is 2.87. The van der Waals surface area contributed by atoms with E-state index in [1.54, 1.807) is 0 Å². The highest BCUT2D eigenvalue weighted by molar-refractivity contribution is 5.77. The maximum Gasteiger partial charge on any atom is 0.247 e. The molecule has 0 spiro atoms. The number of benzene rings is 1. The lowest BCUT2D eigenvalue weighted by molar-refractivity contribution is -0.121. The molecule has 0 unspecified atom stereocenters. The Balaban J connectivity index is 1.73. The van der Waals surface area contributed by atoms with E-state index in [9.17, 15) is 4.79 Å². The normalized spacial score (nSPS) is 20.2. The van der Waals surface area contributed by atoms with Crippen LogP contribution in [0.2, 0.25) is 0 Å². The molecule has 3 rings (SSSR count). The number of carbonyl (C=O) groups is 1. The standard InChI is InChI=1S/C16H20N4O2/c1-10-3-5-12(6-4-10)16-19-18-15(22-16)11(2)20-8-7-13(9-20)14(17)21/h3-6,11,13H,7-9H2,1-2H3,(H2,17,21)/t11-,13-/m0/s1. The fourth-order valence-corrected chi connectivity index (χ4v) is 2.74. The first-order chi connectivity index (χ1) is 10.5. The van der Waals surface area contributed by atoms with Crippen molar-refractivity contribution in [3.8, 4) is 11.5 Å². The Bertz CT molecular complexity index is 665. The minimum Gasteiger partial charge on any atom is -0.419 e. The molecule has 1 aliphatic heterocycles. The number of amides is 1. The lowest BCUT2D eigenvalue weighted by Crippen LogP contribution is -2.29. The van der Waals surface area contributed by atoms with Crippen LogP contribution in [-0.4, -0.2) is 34.1 Å². The summed E-state index contributed by atoms with van der Waals surface area (Å²) in [6, 6.07) is 7.95. The first kappa shape index (κ1) is 14.7. The summed E-state index contributed by atoms with van der Waals surface area (Å²) in [7, 11) is 0. The maximum absolute atomic E-state index is 11.3. The van der Waals surface area contributed by atoms with E-state index in [-0.39, 0.29) is 17.9 Å². The number of aryl methyl sites for hydroxylation is 1. The van der Waals surface area contributed by atoms with E-state index in [1.165, 1.54) is 5.56 Å². The van der Waals surface area contributed by atoms with Gasteiger partial charge < -0.3 is 10.2 Å². The van der Waals surface area contributed by atoms with E-state index in [4.69, 9.17) is 10.2 Å². The van der Waals surface area contributed by atoms with Gasteiger partial charge in [-0.3, -0.25) is 9.69 Å². The van der Waals surface area contributed by atoms with Crippen molar-refractivity contribution in [3.63, 3.8) is 0 Å². The minimum atomic E-state index is -0.236. The molecule has 1 aliphatic rings. The van der Waals surface area contributed by atoms with Gasteiger partial charge in [-0.15, -0.1) is 10.2 Å². The summed E-state index contributed by atoms with van der Waals surface area (Å²) < 4.78 is 5.80. The predicted octanol–water partition coefficient (Wildman–Crippen LogP) is 1.91. The molecule has 0 bridgehead atoms. The zero-order valence-corrected chi connectivity index (χ0v) is 12.8. The van der Waals surface area contributed by atoms with Crippen molar-refractivity contribution in [2.45, 2.75) is 26.3 Å². The van der Waals surface area contributed by atoms with Gasteiger partial charge in [-0.2, -0.15) is 0 Å². The highest BCUT2D eigenvalue weighted by Crippen LogP contribution is 2.28. The molecule has 1 fully saturated rings. The van der Waals surface area contributed by atoms with Crippen LogP contribution < -0.4 is 5.73 Å². The third-order valence-corrected chi connectivity index (χ3v) is 4.27. The van der Waals surface area contributed by atoms with Crippen LogP contribution >= 0.6 is 0 Å². The van der Waals surface area contributed by atoms with Crippen molar-refractivity contribution in [1.82, 2.24) is 15.1 Å². The van der Waals surface area contributed by atoms with Gasteiger partial charge >= 0.3 is 0 Å². The number of nitrogens with zero attached hydrogens (tertiary/aromatic N) is 3. The van der Waals surface area contributed by atoms with Gasteiger partial charge in [-0.25, -0.2) is 0 Å². The Morgan fingerprint density at radius 1 is 1.36 bits per heavy atom. The van der Waals surface area contributed by atoms with E-state index < -0.39 is 0 Å². The Kier molecular flexibility index (Phi) is 3.94. The molecule has 2 aromatic rings. The van der Waals surface area contributed by atoms with Gasteiger partial charge in [-0.05, 0) is 38.9 Å². The Labute approximate surface area is 129 Å². The molecule has 6 heteroatoms. The average Bonchev–Trinajstić information content (AvgIpc) is 3.17. The zero-order chi connectivity index (χ0) is 15.7. The van der Waals surface area contributed by atoms with Gasteiger partial charge in [-0.1, -0.05) is 17.7 Å². The van der Waals surface area contributed by atoms with E-state index in [1.807, 2.05) is 38.1 Å². The van der Waals surface area contributed by atoms with Crippen molar-refractivity contribution < 1.29 is 9.21 Å². The molecule has 0 radical (unpaired) electrons. The first-order valence-electron chi connectivity index (χ1n) is 7.48. The zero-order valence-electron chi connectivity index (χ0n) is 12.8. The Morgan fingerprint density at radius 3 is 2.73 bits per heavy atom. The van der Waals surface area contributed by atoms with Crippen LogP contribution in [0.15, 0.2) is 28.7 Å². The van der Waals surface area contributed by atoms with Crippen LogP contribution in [0.25, 0.3) is 11.5 Å². The SMILES string of the molecule is Cc1ccc(-c2nnc([C@H](C)N3CC[C@H](C(N)=O)C3)o2)cc1. The molecular weight excluding hydrogens is 280 g/mol. The van der Waals surface area contributed by atoms with Crippen molar-refractivity contribution >= 4 is 5.91 Å². The third-order valence-electron chi connectivity index (χ3n) is 4.27. The molecule has 1 amide bonds. The second-order valence-corrected chi connectivity index (χ2v) is 5.87. The van der Waals surface area contributed by atoms with Crippen LogP contribution in [-0.2, 0) is 4.79 Å². The minimum absolute atomic E-state index is 0.0175. The molecule has 0 saturated carbocycles. The van der Waals surface area contributed by atoms with Gasteiger partial charge in [0.05, 0.1) is 12.0 Å². The Morgan fingerprint density at radius 2 is 2.09 bits per heavy atom. The van der Waals surface area contributed by atoms with Gasteiger partial charge in [0.15, 0.2) is 0 Å². The molecule has 22 heavy (non-hydrogen) atoms. The smallest absolute Gasteiger partial charge is 0.247 e. The van der Waals surface area contributed by atoms with E-state index in [0.717, 1.165) is 18.5 Å². The molecule has 116 valence electrons. The number of aromatic nitrogens is 2.